The maximum Gasteiger partial charge on any atom is 0.193 e. The van der Waals surface area contributed by atoms with E-state index < -0.39 is 0 Å². The second-order valence-corrected chi connectivity index (χ2v) is 5.84. The van der Waals surface area contributed by atoms with Crippen LogP contribution >= 0.6 is 22.9 Å². The fourth-order valence-corrected chi connectivity index (χ4v) is 3.05. The molecule has 4 heteroatoms. The van der Waals surface area contributed by atoms with Gasteiger partial charge in [-0.25, -0.2) is 4.98 Å². The molecule has 2 nitrogen and oxygen atoms in total. The number of imidazole rings is 1. The van der Waals surface area contributed by atoms with Gasteiger partial charge in [-0.3, -0.25) is 4.40 Å². The predicted molar refractivity (Wildman–Crippen MR) is 70.5 cm³/mol. The Labute approximate surface area is 105 Å². The van der Waals surface area contributed by atoms with Gasteiger partial charge < -0.3 is 0 Å². The summed E-state index contributed by atoms with van der Waals surface area (Å²) in [6.07, 6.45) is 7.46. The van der Waals surface area contributed by atoms with Gasteiger partial charge in [-0.05, 0) is 18.3 Å². The lowest BCUT2D eigenvalue weighted by atomic mass is 9.83. The molecule has 1 unspecified atom stereocenters. The molecule has 2 heterocycles. The first-order valence-electron chi connectivity index (χ1n) is 5.64. The van der Waals surface area contributed by atoms with E-state index in [0.717, 1.165) is 23.5 Å². The number of aromatic nitrogens is 2. The lowest BCUT2D eigenvalue weighted by molar-refractivity contribution is 0.332. The molecule has 16 heavy (non-hydrogen) atoms. The number of hydrogen-bond acceptors (Lipinski definition) is 2. The summed E-state index contributed by atoms with van der Waals surface area (Å²) in [5.41, 5.74) is 1.34. The zero-order valence-corrected chi connectivity index (χ0v) is 11.3. The van der Waals surface area contributed by atoms with Crippen LogP contribution in [-0.4, -0.2) is 15.3 Å². The molecule has 0 spiro atoms. The Morgan fingerprint density at radius 1 is 1.56 bits per heavy atom. The van der Waals surface area contributed by atoms with E-state index in [1.807, 2.05) is 6.20 Å². The number of nitrogens with zero attached hydrogens (tertiary/aromatic N) is 2. The number of halogens is 1. The number of rotatable bonds is 5. The monoisotopic (exact) mass is 256 g/mol. The maximum atomic E-state index is 6.08. The van der Waals surface area contributed by atoms with Gasteiger partial charge in [0.25, 0.3) is 0 Å². The summed E-state index contributed by atoms with van der Waals surface area (Å²) in [6, 6.07) is 0. The molecule has 0 aromatic carbocycles. The fraction of sp³-hybridized carbons (Fsp3) is 0.583. The van der Waals surface area contributed by atoms with E-state index in [1.54, 1.807) is 11.3 Å². The first-order valence-corrected chi connectivity index (χ1v) is 7.05. The van der Waals surface area contributed by atoms with Crippen molar-refractivity contribution in [2.75, 3.05) is 5.88 Å². The van der Waals surface area contributed by atoms with Crippen LogP contribution in [0.5, 0.6) is 0 Å². The summed E-state index contributed by atoms with van der Waals surface area (Å²) in [7, 11) is 0. The Morgan fingerprint density at radius 2 is 2.38 bits per heavy atom. The minimum atomic E-state index is 0.181. The van der Waals surface area contributed by atoms with E-state index >= 15 is 0 Å². The number of fused-ring (bicyclic) bond motifs is 1. The molecule has 0 saturated carbocycles. The van der Waals surface area contributed by atoms with Crippen molar-refractivity contribution >= 4 is 27.9 Å². The summed E-state index contributed by atoms with van der Waals surface area (Å²) in [6.45, 7) is 4.45. The van der Waals surface area contributed by atoms with Crippen LogP contribution in [0.15, 0.2) is 17.8 Å². The van der Waals surface area contributed by atoms with Crippen molar-refractivity contribution in [1.82, 2.24) is 9.38 Å². The molecule has 0 aliphatic heterocycles. The lowest BCUT2D eigenvalue weighted by Crippen LogP contribution is -2.21. The molecule has 0 aliphatic carbocycles. The number of hydrogen-bond donors (Lipinski definition) is 0. The minimum absolute atomic E-state index is 0.181. The van der Waals surface area contributed by atoms with E-state index in [4.69, 9.17) is 11.6 Å². The zero-order valence-electron chi connectivity index (χ0n) is 9.74. The molecule has 88 valence electrons. The van der Waals surface area contributed by atoms with Crippen molar-refractivity contribution in [3.8, 4) is 0 Å². The third-order valence-electron chi connectivity index (χ3n) is 2.93. The Balaban J connectivity index is 2.16. The molecule has 0 amide bonds. The number of thiazole rings is 1. The Hall–Kier alpha value is -0.540. The van der Waals surface area contributed by atoms with Gasteiger partial charge in [0, 0.05) is 23.7 Å². The van der Waals surface area contributed by atoms with Crippen molar-refractivity contribution in [3.63, 3.8) is 0 Å². The molecular formula is C12H17ClN2S. The minimum Gasteiger partial charge on any atom is -0.297 e. The third-order valence-corrected chi connectivity index (χ3v) is 4.34. The molecule has 0 aliphatic rings. The molecule has 0 bridgehead atoms. The molecule has 2 aromatic rings. The fourth-order valence-electron chi connectivity index (χ4n) is 2.10. The average molecular weight is 257 g/mol. The highest BCUT2D eigenvalue weighted by atomic mass is 35.5. The van der Waals surface area contributed by atoms with Crippen LogP contribution in [0.4, 0.5) is 0 Å². The predicted octanol–water partition coefficient (Wildman–Crippen LogP) is 3.98. The molecule has 0 radical (unpaired) electrons. The summed E-state index contributed by atoms with van der Waals surface area (Å²) in [5, 5.41) is 2.05. The van der Waals surface area contributed by atoms with Gasteiger partial charge in [0.1, 0.15) is 0 Å². The van der Waals surface area contributed by atoms with Crippen LogP contribution in [0.2, 0.25) is 0 Å². The molecule has 0 fully saturated rings. The van der Waals surface area contributed by atoms with Gasteiger partial charge in [0.2, 0.25) is 0 Å². The van der Waals surface area contributed by atoms with Crippen LogP contribution in [-0.2, 0) is 6.42 Å². The molecular weight excluding hydrogens is 240 g/mol. The molecule has 0 saturated heterocycles. The van der Waals surface area contributed by atoms with Crippen molar-refractivity contribution in [2.24, 2.45) is 5.41 Å². The normalized spacial score (nSPS) is 15.4. The highest BCUT2D eigenvalue weighted by molar-refractivity contribution is 7.15. The van der Waals surface area contributed by atoms with E-state index in [9.17, 15) is 0 Å². The largest absolute Gasteiger partial charge is 0.297 e. The standard InChI is InChI=1S/C12H17ClN2S/c1-3-4-12(2,9-13)7-10-8-15-5-6-16-11(15)14-10/h5-6,8H,3-4,7,9H2,1-2H3. The van der Waals surface area contributed by atoms with Gasteiger partial charge in [-0.2, -0.15) is 0 Å². The van der Waals surface area contributed by atoms with E-state index in [0.29, 0.717) is 5.88 Å². The average Bonchev–Trinajstić information content (AvgIpc) is 2.78. The van der Waals surface area contributed by atoms with Crippen molar-refractivity contribution in [1.29, 1.82) is 0 Å². The Bertz CT molecular complexity index is 434. The first-order chi connectivity index (χ1) is 7.67. The second-order valence-electron chi connectivity index (χ2n) is 4.70. The Morgan fingerprint density at radius 3 is 3.00 bits per heavy atom. The SMILES string of the molecule is CCCC(C)(CCl)Cc1cn2ccsc2n1. The van der Waals surface area contributed by atoms with Crippen molar-refractivity contribution in [2.45, 2.75) is 33.1 Å². The van der Waals surface area contributed by atoms with Crippen LogP contribution in [0.1, 0.15) is 32.4 Å². The third kappa shape index (κ3) is 2.41. The van der Waals surface area contributed by atoms with Crippen LogP contribution in [0.3, 0.4) is 0 Å². The van der Waals surface area contributed by atoms with Gasteiger partial charge in [-0.1, -0.05) is 20.3 Å². The zero-order chi connectivity index (χ0) is 11.6. The smallest absolute Gasteiger partial charge is 0.193 e. The molecule has 2 rings (SSSR count). The van der Waals surface area contributed by atoms with Crippen LogP contribution in [0.25, 0.3) is 4.96 Å². The van der Waals surface area contributed by atoms with Crippen LogP contribution < -0.4 is 0 Å². The summed E-state index contributed by atoms with van der Waals surface area (Å²) >= 11 is 7.75. The lowest BCUT2D eigenvalue weighted by Gasteiger charge is -2.25. The molecule has 0 N–H and O–H groups in total. The van der Waals surface area contributed by atoms with Gasteiger partial charge >= 0.3 is 0 Å². The highest BCUT2D eigenvalue weighted by Crippen LogP contribution is 2.29. The second kappa shape index (κ2) is 4.76. The summed E-state index contributed by atoms with van der Waals surface area (Å²) in [5.74, 6) is 0.700. The van der Waals surface area contributed by atoms with E-state index in [-0.39, 0.29) is 5.41 Å². The quantitative estimate of drug-likeness (QED) is 0.740. The maximum absolute atomic E-state index is 6.08. The van der Waals surface area contributed by atoms with E-state index in [1.165, 1.54) is 6.42 Å². The van der Waals surface area contributed by atoms with Crippen molar-refractivity contribution < 1.29 is 0 Å². The summed E-state index contributed by atoms with van der Waals surface area (Å²) < 4.78 is 2.08. The highest BCUT2D eigenvalue weighted by Gasteiger charge is 2.24. The Kier molecular flexibility index (Phi) is 3.55. The van der Waals surface area contributed by atoms with Gasteiger partial charge in [-0.15, -0.1) is 22.9 Å². The topological polar surface area (TPSA) is 17.3 Å². The van der Waals surface area contributed by atoms with Crippen LogP contribution in [0, 0.1) is 5.41 Å². The van der Waals surface area contributed by atoms with Gasteiger partial charge in [0.05, 0.1) is 5.69 Å². The number of alkyl halides is 1. The summed E-state index contributed by atoms with van der Waals surface area (Å²) in [4.78, 5) is 5.68. The molecule has 1 atom stereocenters. The van der Waals surface area contributed by atoms with E-state index in [2.05, 4.69) is 34.8 Å². The first kappa shape index (κ1) is 11.9. The van der Waals surface area contributed by atoms with Crippen molar-refractivity contribution in [3.05, 3.63) is 23.5 Å². The molecule has 2 aromatic heterocycles. The van der Waals surface area contributed by atoms with Gasteiger partial charge in [0.15, 0.2) is 4.96 Å².